The Bertz CT molecular complexity index is 428. The molecular formula is C14H20N2O2. The van der Waals surface area contributed by atoms with Crippen molar-refractivity contribution in [2.24, 2.45) is 11.1 Å². The van der Waals surface area contributed by atoms with Crippen molar-refractivity contribution in [3.8, 4) is 0 Å². The topological polar surface area (TPSA) is 64.3 Å². The van der Waals surface area contributed by atoms with E-state index in [1.807, 2.05) is 24.3 Å². The summed E-state index contributed by atoms with van der Waals surface area (Å²) >= 11 is 0. The first-order valence-electron chi connectivity index (χ1n) is 6.30. The summed E-state index contributed by atoms with van der Waals surface area (Å²) in [6, 6.07) is 7.83. The first-order valence-corrected chi connectivity index (χ1v) is 6.30. The van der Waals surface area contributed by atoms with E-state index in [4.69, 9.17) is 10.5 Å². The molecule has 1 aromatic rings. The molecule has 0 heterocycles. The second-order valence-electron chi connectivity index (χ2n) is 4.84. The van der Waals surface area contributed by atoms with E-state index in [9.17, 15) is 4.79 Å². The van der Waals surface area contributed by atoms with Crippen molar-refractivity contribution in [1.82, 2.24) is 0 Å². The number of ether oxygens (including phenoxy) is 1. The van der Waals surface area contributed by atoms with Crippen molar-refractivity contribution in [1.29, 1.82) is 0 Å². The van der Waals surface area contributed by atoms with Gasteiger partial charge in [-0.2, -0.15) is 0 Å². The van der Waals surface area contributed by atoms with Crippen LogP contribution in [0.2, 0.25) is 0 Å². The predicted octanol–water partition coefficient (Wildman–Crippen LogP) is 1.55. The zero-order valence-corrected chi connectivity index (χ0v) is 10.7. The molecule has 1 aliphatic carbocycles. The Kier molecular flexibility index (Phi) is 3.99. The van der Waals surface area contributed by atoms with Crippen LogP contribution >= 0.6 is 0 Å². The lowest BCUT2D eigenvalue weighted by Gasteiger charge is -2.15. The molecule has 1 fully saturated rings. The zero-order valence-electron chi connectivity index (χ0n) is 10.7. The first-order chi connectivity index (χ1) is 8.72. The van der Waals surface area contributed by atoms with E-state index < -0.39 is 0 Å². The van der Waals surface area contributed by atoms with Crippen LogP contribution in [0, 0.1) is 5.41 Å². The summed E-state index contributed by atoms with van der Waals surface area (Å²) in [6.45, 7) is 1.08. The maximum Gasteiger partial charge on any atom is 0.231 e. The molecule has 4 nitrogen and oxygen atoms in total. The number of carbonyl (C=O) groups excluding carboxylic acids is 1. The lowest BCUT2D eigenvalue weighted by Crippen LogP contribution is -2.31. The fourth-order valence-corrected chi connectivity index (χ4v) is 2.00. The molecule has 0 aliphatic heterocycles. The number of carbonyl (C=O) groups is 1. The summed E-state index contributed by atoms with van der Waals surface area (Å²) in [5.74, 6) is 0.0508. The molecule has 1 aliphatic rings. The Morgan fingerprint density at radius 2 is 2.17 bits per heavy atom. The van der Waals surface area contributed by atoms with Crippen LogP contribution in [0.3, 0.4) is 0 Å². The van der Waals surface area contributed by atoms with Crippen molar-refractivity contribution < 1.29 is 9.53 Å². The van der Waals surface area contributed by atoms with Crippen molar-refractivity contribution >= 4 is 11.6 Å². The van der Waals surface area contributed by atoms with Crippen LogP contribution in [-0.2, 0) is 16.0 Å². The minimum absolute atomic E-state index is 0.0508. The number of nitrogens with two attached hydrogens (primary N) is 1. The molecule has 18 heavy (non-hydrogen) atoms. The Labute approximate surface area is 108 Å². The number of methoxy groups -OCH3 is 1. The van der Waals surface area contributed by atoms with Crippen molar-refractivity contribution in [3.63, 3.8) is 0 Å². The molecule has 0 bridgehead atoms. The molecule has 0 unspecified atom stereocenters. The van der Waals surface area contributed by atoms with Gasteiger partial charge in [0.15, 0.2) is 0 Å². The Morgan fingerprint density at radius 1 is 1.44 bits per heavy atom. The number of hydrogen-bond acceptors (Lipinski definition) is 3. The van der Waals surface area contributed by atoms with Gasteiger partial charge in [0.25, 0.3) is 0 Å². The molecule has 0 saturated heterocycles. The van der Waals surface area contributed by atoms with Gasteiger partial charge >= 0.3 is 0 Å². The van der Waals surface area contributed by atoms with Crippen molar-refractivity contribution in [2.75, 3.05) is 25.6 Å². The van der Waals surface area contributed by atoms with Gasteiger partial charge in [-0.3, -0.25) is 4.79 Å². The largest absolute Gasteiger partial charge is 0.384 e. The molecule has 1 saturated carbocycles. The minimum atomic E-state index is -0.311. The Balaban J connectivity index is 2.06. The maximum atomic E-state index is 12.1. The van der Waals surface area contributed by atoms with E-state index in [-0.39, 0.29) is 11.3 Å². The summed E-state index contributed by atoms with van der Waals surface area (Å²) in [6.07, 6.45) is 2.59. The van der Waals surface area contributed by atoms with E-state index in [1.54, 1.807) is 7.11 Å². The number of benzene rings is 1. The van der Waals surface area contributed by atoms with Crippen LogP contribution < -0.4 is 11.1 Å². The van der Waals surface area contributed by atoms with Crippen LogP contribution in [0.15, 0.2) is 24.3 Å². The average molecular weight is 248 g/mol. The van der Waals surface area contributed by atoms with Gasteiger partial charge in [-0.15, -0.1) is 0 Å². The highest BCUT2D eigenvalue weighted by atomic mass is 16.5. The molecule has 0 radical (unpaired) electrons. The third-order valence-electron chi connectivity index (χ3n) is 3.57. The number of amides is 1. The van der Waals surface area contributed by atoms with E-state index in [2.05, 4.69) is 5.32 Å². The van der Waals surface area contributed by atoms with Crippen molar-refractivity contribution in [3.05, 3.63) is 29.8 Å². The van der Waals surface area contributed by atoms with Crippen LogP contribution in [0.4, 0.5) is 5.69 Å². The third kappa shape index (κ3) is 2.71. The van der Waals surface area contributed by atoms with E-state index >= 15 is 0 Å². The van der Waals surface area contributed by atoms with Crippen LogP contribution in [0.25, 0.3) is 0 Å². The van der Waals surface area contributed by atoms with Gasteiger partial charge in [0.1, 0.15) is 0 Å². The number of nitrogens with one attached hydrogen (secondary N) is 1. The Hall–Kier alpha value is -1.39. The summed E-state index contributed by atoms with van der Waals surface area (Å²) in [5.41, 5.74) is 7.32. The zero-order chi connectivity index (χ0) is 13.0. The SMILES string of the molecule is COCCc1ccccc1NC(=O)C1(CN)CC1. The highest BCUT2D eigenvalue weighted by Crippen LogP contribution is 2.45. The Morgan fingerprint density at radius 3 is 2.78 bits per heavy atom. The molecule has 0 atom stereocenters. The number of rotatable bonds is 6. The highest BCUT2D eigenvalue weighted by Gasteiger charge is 2.48. The second-order valence-corrected chi connectivity index (χ2v) is 4.84. The minimum Gasteiger partial charge on any atom is -0.384 e. The summed E-state index contributed by atoms with van der Waals surface area (Å²) in [5, 5.41) is 3.00. The van der Waals surface area contributed by atoms with Gasteiger partial charge in [0, 0.05) is 19.3 Å². The summed E-state index contributed by atoms with van der Waals surface area (Å²) in [4.78, 5) is 12.1. The number of anilines is 1. The smallest absolute Gasteiger partial charge is 0.231 e. The highest BCUT2D eigenvalue weighted by molar-refractivity contribution is 5.97. The van der Waals surface area contributed by atoms with E-state index in [1.165, 1.54) is 0 Å². The first kappa shape index (κ1) is 13.1. The van der Waals surface area contributed by atoms with Gasteiger partial charge in [0.05, 0.1) is 12.0 Å². The van der Waals surface area contributed by atoms with E-state index in [0.29, 0.717) is 13.2 Å². The van der Waals surface area contributed by atoms with Crippen LogP contribution in [0.1, 0.15) is 18.4 Å². The number of para-hydroxylation sites is 1. The fourth-order valence-electron chi connectivity index (χ4n) is 2.00. The summed E-state index contributed by atoms with van der Waals surface area (Å²) < 4.78 is 5.07. The molecule has 1 aromatic carbocycles. The lowest BCUT2D eigenvalue weighted by atomic mass is 10.1. The second kappa shape index (κ2) is 5.50. The molecule has 4 heteroatoms. The van der Waals surface area contributed by atoms with Gasteiger partial charge in [0.2, 0.25) is 5.91 Å². The van der Waals surface area contributed by atoms with Crippen LogP contribution in [-0.4, -0.2) is 26.2 Å². The van der Waals surface area contributed by atoms with E-state index in [0.717, 1.165) is 30.5 Å². The lowest BCUT2D eigenvalue weighted by molar-refractivity contribution is -0.120. The normalized spacial score (nSPS) is 16.3. The fraction of sp³-hybridized carbons (Fsp3) is 0.500. The monoisotopic (exact) mass is 248 g/mol. The quantitative estimate of drug-likeness (QED) is 0.803. The molecular weight excluding hydrogens is 228 g/mol. The molecule has 0 spiro atoms. The molecule has 1 amide bonds. The van der Waals surface area contributed by atoms with Gasteiger partial charge in [-0.25, -0.2) is 0 Å². The van der Waals surface area contributed by atoms with Gasteiger partial charge in [-0.1, -0.05) is 18.2 Å². The standard InChI is InChI=1S/C14H20N2O2/c1-18-9-6-11-4-2-3-5-12(11)16-13(17)14(10-15)7-8-14/h2-5H,6-10,15H2,1H3,(H,16,17). The van der Waals surface area contributed by atoms with Gasteiger partial charge < -0.3 is 15.8 Å². The molecule has 2 rings (SSSR count). The van der Waals surface area contributed by atoms with Crippen molar-refractivity contribution in [2.45, 2.75) is 19.3 Å². The number of hydrogen-bond donors (Lipinski definition) is 2. The summed E-state index contributed by atoms with van der Waals surface area (Å²) in [7, 11) is 1.68. The predicted molar refractivity (Wildman–Crippen MR) is 71.4 cm³/mol. The average Bonchev–Trinajstić information content (AvgIpc) is 3.19. The third-order valence-corrected chi connectivity index (χ3v) is 3.57. The van der Waals surface area contributed by atoms with Crippen LogP contribution in [0.5, 0.6) is 0 Å². The van der Waals surface area contributed by atoms with Gasteiger partial charge in [-0.05, 0) is 30.9 Å². The maximum absolute atomic E-state index is 12.1. The molecule has 0 aromatic heterocycles. The molecule has 98 valence electrons. The molecule has 3 N–H and O–H groups in total.